The van der Waals surface area contributed by atoms with Crippen molar-refractivity contribution < 1.29 is 9.84 Å². The van der Waals surface area contributed by atoms with Gasteiger partial charge in [-0.05, 0) is 39.3 Å². The summed E-state index contributed by atoms with van der Waals surface area (Å²) in [6.07, 6.45) is 0. The van der Waals surface area contributed by atoms with E-state index in [4.69, 9.17) is 4.74 Å². The molecule has 0 aliphatic carbocycles. The molecule has 0 aromatic heterocycles. The molecule has 0 unspecified atom stereocenters. The fourth-order valence-corrected chi connectivity index (χ4v) is 1.43. The van der Waals surface area contributed by atoms with E-state index in [1.54, 1.807) is 12.1 Å². The van der Waals surface area contributed by atoms with E-state index in [0.29, 0.717) is 6.61 Å². The first-order chi connectivity index (χ1) is 7.63. The van der Waals surface area contributed by atoms with Crippen LogP contribution in [0.2, 0.25) is 0 Å². The number of phenolic OH excluding ortho intramolecular Hbond substituents is 1. The summed E-state index contributed by atoms with van der Waals surface area (Å²) in [5, 5.41) is 12.5. The number of likely N-dealkylation sites (N-methyl/N-ethyl adjacent to an activating group) is 1. The van der Waals surface area contributed by atoms with Crippen LogP contribution in [0.4, 0.5) is 0 Å². The predicted molar refractivity (Wildman–Crippen MR) is 79.4 cm³/mol. The van der Waals surface area contributed by atoms with Gasteiger partial charge < -0.3 is 20.1 Å². The number of hydrogen-bond donors (Lipinski definition) is 2. The number of benzene rings is 1. The Morgan fingerprint density at radius 2 is 1.94 bits per heavy atom. The number of rotatable bonds is 6. The van der Waals surface area contributed by atoms with Gasteiger partial charge in [0.25, 0.3) is 0 Å². The minimum atomic E-state index is 0. The minimum Gasteiger partial charge on any atom is -0.508 e. The lowest BCUT2D eigenvalue weighted by molar-refractivity contribution is 0.306. The molecule has 4 nitrogen and oxygen atoms in total. The van der Waals surface area contributed by atoms with Crippen molar-refractivity contribution in [3.63, 3.8) is 0 Å². The summed E-state index contributed by atoms with van der Waals surface area (Å²) in [5.41, 5.74) is 1.00. The third-order valence-electron chi connectivity index (χ3n) is 2.14. The summed E-state index contributed by atoms with van der Waals surface area (Å²) in [6, 6.07) is 5.20. The van der Waals surface area contributed by atoms with Crippen molar-refractivity contribution in [1.29, 1.82) is 0 Å². The fourth-order valence-electron chi connectivity index (χ4n) is 1.43. The van der Waals surface area contributed by atoms with Crippen molar-refractivity contribution in [3.05, 3.63) is 23.8 Å². The third-order valence-corrected chi connectivity index (χ3v) is 2.14. The van der Waals surface area contributed by atoms with Gasteiger partial charge >= 0.3 is 0 Å². The maximum atomic E-state index is 9.44. The summed E-state index contributed by atoms with van der Waals surface area (Å²) in [7, 11) is 5.86. The maximum absolute atomic E-state index is 9.44. The maximum Gasteiger partial charge on any atom is 0.124 e. The van der Waals surface area contributed by atoms with Gasteiger partial charge in [0.1, 0.15) is 18.1 Å². The molecule has 6 heteroatoms. The third kappa shape index (κ3) is 6.91. The molecule has 0 bridgehead atoms. The van der Waals surface area contributed by atoms with Crippen molar-refractivity contribution in [2.24, 2.45) is 0 Å². The van der Waals surface area contributed by atoms with Crippen LogP contribution >= 0.6 is 24.8 Å². The quantitative estimate of drug-likeness (QED) is 0.787. The molecule has 0 saturated carbocycles. The fraction of sp³-hybridized carbons (Fsp3) is 0.500. The van der Waals surface area contributed by atoms with E-state index in [2.05, 4.69) is 5.32 Å². The molecular formula is C12H22Cl2N2O2. The zero-order valence-corrected chi connectivity index (χ0v) is 12.6. The molecule has 106 valence electrons. The number of nitrogens with zero attached hydrogens (tertiary/aromatic N) is 1. The van der Waals surface area contributed by atoms with Crippen molar-refractivity contribution >= 4 is 24.8 Å². The summed E-state index contributed by atoms with van der Waals surface area (Å²) in [5.74, 6) is 1.11. The predicted octanol–water partition coefficient (Wildman–Crippen LogP) is 1.90. The molecule has 0 spiro atoms. The monoisotopic (exact) mass is 296 g/mol. The number of halogens is 2. The van der Waals surface area contributed by atoms with Gasteiger partial charge in [-0.1, -0.05) is 0 Å². The Bertz CT molecular complexity index is 336. The number of aromatic hydroxyl groups is 1. The molecule has 0 aliphatic heterocycles. The smallest absolute Gasteiger partial charge is 0.124 e. The van der Waals surface area contributed by atoms with E-state index < -0.39 is 0 Å². The molecule has 2 N–H and O–H groups in total. The molecule has 0 atom stereocenters. The number of phenols is 1. The standard InChI is InChI=1S/C12H20N2O2.2ClH/c1-13-6-7-16-12-5-4-11(15)8-10(12)9-14(2)3;;/h4-5,8,13,15H,6-7,9H2,1-3H3;2*1H. The zero-order valence-electron chi connectivity index (χ0n) is 11.0. The normalized spacial score (nSPS) is 9.56. The van der Waals surface area contributed by atoms with Crippen LogP contribution < -0.4 is 10.1 Å². The molecule has 18 heavy (non-hydrogen) atoms. The molecule has 0 amide bonds. The second-order valence-electron chi connectivity index (χ2n) is 3.98. The van der Waals surface area contributed by atoms with Crippen LogP contribution in [0.1, 0.15) is 5.56 Å². The van der Waals surface area contributed by atoms with Gasteiger partial charge in [-0.25, -0.2) is 0 Å². The Morgan fingerprint density at radius 3 is 2.50 bits per heavy atom. The van der Waals surface area contributed by atoms with Gasteiger partial charge in [0, 0.05) is 18.7 Å². The highest BCUT2D eigenvalue weighted by Crippen LogP contribution is 2.24. The first kappa shape index (κ1) is 19.7. The van der Waals surface area contributed by atoms with Gasteiger partial charge in [0.05, 0.1) is 0 Å². The average molecular weight is 297 g/mol. The van der Waals surface area contributed by atoms with Gasteiger partial charge in [-0.3, -0.25) is 0 Å². The lowest BCUT2D eigenvalue weighted by atomic mass is 10.2. The van der Waals surface area contributed by atoms with Crippen LogP contribution in [-0.2, 0) is 6.54 Å². The van der Waals surface area contributed by atoms with E-state index in [-0.39, 0.29) is 30.6 Å². The first-order valence-electron chi connectivity index (χ1n) is 5.37. The Hall–Kier alpha value is -0.680. The van der Waals surface area contributed by atoms with Crippen molar-refractivity contribution in [2.45, 2.75) is 6.54 Å². The summed E-state index contributed by atoms with van der Waals surface area (Å²) >= 11 is 0. The van der Waals surface area contributed by atoms with Crippen molar-refractivity contribution in [3.8, 4) is 11.5 Å². The second-order valence-corrected chi connectivity index (χ2v) is 3.98. The molecule has 0 heterocycles. The van der Waals surface area contributed by atoms with E-state index in [1.165, 1.54) is 0 Å². The second kappa shape index (κ2) is 10.3. The number of nitrogens with one attached hydrogen (secondary N) is 1. The highest BCUT2D eigenvalue weighted by atomic mass is 35.5. The van der Waals surface area contributed by atoms with Crippen LogP contribution in [0, 0.1) is 0 Å². The van der Waals surface area contributed by atoms with Crippen LogP contribution in [0.15, 0.2) is 18.2 Å². The van der Waals surface area contributed by atoms with Crippen LogP contribution in [0.3, 0.4) is 0 Å². The number of hydrogen-bond acceptors (Lipinski definition) is 4. The Kier molecular flexibility index (Phi) is 11.2. The Morgan fingerprint density at radius 1 is 1.28 bits per heavy atom. The highest BCUT2D eigenvalue weighted by Gasteiger charge is 2.06. The largest absolute Gasteiger partial charge is 0.508 e. The summed E-state index contributed by atoms with van der Waals surface area (Å²) < 4.78 is 5.63. The first-order valence-corrected chi connectivity index (χ1v) is 5.37. The summed E-state index contributed by atoms with van der Waals surface area (Å²) in [4.78, 5) is 2.04. The van der Waals surface area contributed by atoms with Crippen molar-refractivity contribution in [1.82, 2.24) is 10.2 Å². The van der Waals surface area contributed by atoms with Crippen LogP contribution in [0.25, 0.3) is 0 Å². The lowest BCUT2D eigenvalue weighted by Crippen LogP contribution is -2.17. The molecule has 0 aliphatic rings. The SMILES string of the molecule is CNCCOc1ccc(O)cc1CN(C)C.Cl.Cl. The van der Waals surface area contributed by atoms with E-state index >= 15 is 0 Å². The minimum absolute atomic E-state index is 0. The van der Waals surface area contributed by atoms with Crippen LogP contribution in [0.5, 0.6) is 11.5 Å². The Labute approximate surface area is 121 Å². The number of ether oxygens (including phenoxy) is 1. The molecule has 0 fully saturated rings. The van der Waals surface area contributed by atoms with Crippen molar-refractivity contribution in [2.75, 3.05) is 34.3 Å². The summed E-state index contributed by atoms with van der Waals surface area (Å²) in [6.45, 7) is 2.19. The molecule has 0 saturated heterocycles. The molecular weight excluding hydrogens is 275 g/mol. The van der Waals surface area contributed by atoms with Gasteiger partial charge in [-0.15, -0.1) is 24.8 Å². The zero-order chi connectivity index (χ0) is 12.0. The Balaban J connectivity index is 0. The topological polar surface area (TPSA) is 44.7 Å². The van der Waals surface area contributed by atoms with E-state index in [0.717, 1.165) is 24.4 Å². The molecule has 1 aromatic rings. The van der Waals surface area contributed by atoms with Gasteiger partial charge in [0.2, 0.25) is 0 Å². The van der Waals surface area contributed by atoms with Gasteiger partial charge in [-0.2, -0.15) is 0 Å². The average Bonchev–Trinajstić information content (AvgIpc) is 2.20. The highest BCUT2D eigenvalue weighted by molar-refractivity contribution is 5.85. The molecule has 1 aromatic carbocycles. The van der Waals surface area contributed by atoms with E-state index in [1.807, 2.05) is 32.1 Å². The lowest BCUT2D eigenvalue weighted by Gasteiger charge is -2.15. The molecule has 1 rings (SSSR count). The van der Waals surface area contributed by atoms with E-state index in [9.17, 15) is 5.11 Å². The van der Waals surface area contributed by atoms with Gasteiger partial charge in [0.15, 0.2) is 0 Å². The van der Waals surface area contributed by atoms with Crippen LogP contribution in [-0.4, -0.2) is 44.3 Å². The molecule has 0 radical (unpaired) electrons.